The van der Waals surface area contributed by atoms with Gasteiger partial charge in [0.25, 0.3) is 0 Å². The lowest BCUT2D eigenvalue weighted by molar-refractivity contribution is -0.945. The van der Waals surface area contributed by atoms with Crippen LogP contribution in [0.2, 0.25) is 13.6 Å². The van der Waals surface area contributed by atoms with Crippen LogP contribution in [0.4, 0.5) is 28.4 Å². The lowest BCUT2D eigenvalue weighted by Gasteiger charge is -2.42. The molecule has 0 amide bonds. The molecular weight excluding hydrogens is 1730 g/mol. The second-order valence-electron chi connectivity index (χ2n) is 23.6. The molecule has 5 aromatic rings. The Bertz CT molecular complexity index is 3290. The molecule has 0 atom stereocenters. The number of hydrogen-bond acceptors (Lipinski definition) is 24. The number of isothiocyanates is 2. The van der Waals surface area contributed by atoms with Gasteiger partial charge in [-0.25, -0.2) is 16.8 Å². The van der Waals surface area contributed by atoms with E-state index in [9.17, 15) is 13.4 Å². The van der Waals surface area contributed by atoms with Crippen LogP contribution >= 0.6 is 144 Å². The summed E-state index contributed by atoms with van der Waals surface area (Å²) in [5.41, 5.74) is 16.6. The summed E-state index contributed by atoms with van der Waals surface area (Å²) in [6.45, 7) is 16.6. The second kappa shape index (κ2) is 78.9. The van der Waals surface area contributed by atoms with Gasteiger partial charge >= 0.3 is 14.1 Å². The van der Waals surface area contributed by atoms with Crippen LogP contribution in [0, 0.1) is 11.3 Å². The first-order valence-corrected chi connectivity index (χ1v) is 44.0. The first-order chi connectivity index (χ1) is 51.2. The number of anilines is 3. The molecule has 109 heavy (non-hydrogen) atoms. The third kappa shape index (κ3) is 95.5. The maximum Gasteiger partial charge on any atom is 0.406 e. The number of nitrogens with zero attached hydrogens (tertiary/aromatic N) is 7. The number of quaternary nitrogens is 1. The number of thiocarbonyl (C=S) groups is 3. The Kier molecular flexibility index (Phi) is 84.6. The van der Waals surface area contributed by atoms with Gasteiger partial charge in [-0.1, -0.05) is 147 Å². The molecule has 0 radical (unpaired) electrons. The van der Waals surface area contributed by atoms with E-state index in [1.54, 1.807) is 19.7 Å². The molecule has 0 aliphatic carbocycles. The summed E-state index contributed by atoms with van der Waals surface area (Å²) in [4.78, 5) is 14.5. The van der Waals surface area contributed by atoms with Gasteiger partial charge in [-0.15, -0.1) is 23.2 Å². The third-order valence-electron chi connectivity index (χ3n) is 13.6. The molecule has 0 spiro atoms. The summed E-state index contributed by atoms with van der Waals surface area (Å²) in [5.74, 6) is 0. The van der Waals surface area contributed by atoms with Crippen molar-refractivity contribution in [1.29, 1.82) is 5.26 Å². The van der Waals surface area contributed by atoms with Crippen LogP contribution in [0.25, 0.3) is 0 Å². The van der Waals surface area contributed by atoms with Crippen LogP contribution < -0.4 is 21.5 Å². The lowest BCUT2D eigenvalue weighted by atomic mass is 9.88. The summed E-state index contributed by atoms with van der Waals surface area (Å²) in [6.07, 6.45) is 11.5. The van der Waals surface area contributed by atoms with Crippen molar-refractivity contribution < 1.29 is 56.3 Å². The van der Waals surface area contributed by atoms with Gasteiger partial charge < -0.3 is 75.7 Å². The van der Waals surface area contributed by atoms with E-state index < -0.39 is 37.6 Å². The number of nitrogens with one attached hydrogen (secondary N) is 3. The van der Waals surface area contributed by atoms with Gasteiger partial charge in [-0.3, -0.25) is 0 Å². The van der Waals surface area contributed by atoms with Crippen molar-refractivity contribution in [2.24, 2.45) is 9.98 Å². The number of aliphatic imine (C=N–C) groups is 2. The van der Waals surface area contributed by atoms with Crippen molar-refractivity contribution >= 4 is 220 Å². The highest BCUT2D eigenvalue weighted by Gasteiger charge is 2.29. The molecule has 0 bridgehead atoms. The fourth-order valence-electron chi connectivity index (χ4n) is 8.28. The Morgan fingerprint density at radius 2 is 0.881 bits per heavy atom. The monoisotopic (exact) mass is 1840 g/mol. The third-order valence-corrected chi connectivity index (χ3v) is 14.2. The van der Waals surface area contributed by atoms with Crippen molar-refractivity contribution in [3.63, 3.8) is 0 Å². The number of aliphatic hydroxyl groups is 4. The van der Waals surface area contributed by atoms with Gasteiger partial charge in [-0.2, -0.15) is 15.2 Å². The van der Waals surface area contributed by atoms with Gasteiger partial charge in [0.2, 0.25) is 9.05 Å². The van der Waals surface area contributed by atoms with E-state index in [2.05, 4.69) is 203 Å². The largest absolute Gasteiger partial charge is 0.748 e. The zero-order chi connectivity index (χ0) is 84.5. The molecule has 11 N–H and O–H groups in total. The van der Waals surface area contributed by atoms with E-state index in [0.29, 0.717) is 12.9 Å². The van der Waals surface area contributed by atoms with Crippen molar-refractivity contribution in [3.05, 3.63) is 149 Å². The van der Waals surface area contributed by atoms with E-state index in [-0.39, 0.29) is 28.9 Å². The number of likely N-dealkylation sites (N-methyl/N-ethyl adjacent to an activating group) is 4. The van der Waals surface area contributed by atoms with E-state index >= 15 is 0 Å². The summed E-state index contributed by atoms with van der Waals surface area (Å²) >= 11 is 50.1. The highest BCUT2D eigenvalue weighted by molar-refractivity contribution is 9.09. The number of rotatable bonds is 32. The summed E-state index contributed by atoms with van der Waals surface area (Å²) in [6, 6.07) is 42.2. The van der Waals surface area contributed by atoms with Gasteiger partial charge in [0, 0.05) is 125 Å². The lowest BCUT2D eigenvalue weighted by Crippen LogP contribution is -2.55. The van der Waals surface area contributed by atoms with Gasteiger partial charge in [0.15, 0.2) is 8.08 Å². The minimum Gasteiger partial charge on any atom is -0.748 e. The molecule has 0 aromatic heterocycles. The topological polar surface area (TPSA) is 333 Å². The number of aliphatic hydroxyl groups excluding tert-OH is 4. The molecule has 0 saturated carbocycles. The molecule has 22 nitrogen and oxygen atoms in total. The van der Waals surface area contributed by atoms with E-state index in [0.717, 1.165) is 144 Å². The molecule has 0 unspecified atom stereocenters. The zero-order valence-electron chi connectivity index (χ0n) is 64.0. The predicted molar refractivity (Wildman–Crippen MR) is 482 cm³/mol. The SMILES string of the molecule is CB(O)Nc1ccc(CCBr)cc1.CB(O)Nc1ccc(CCN(C)CCCO)cc1.CC#N.CN(CCCO)CCc1ccc(N)cc1.CN(CCCO)CCc1ccc(N=C=S)cc1.CNCCCO.CS(=O)(=O)Cl.CS(=O)(=O)[O-].C[N+]1(CCc2ccc(N=C=S)cc2)CCC1.ClC(Cl)Cl.ClCCl.S=C(Cl)Cl. The highest BCUT2D eigenvalue weighted by atomic mass is 79.9. The molecule has 38 heteroatoms. The Morgan fingerprint density at radius 3 is 1.10 bits per heavy atom. The number of hydrogen-bond donors (Lipinski definition) is 10. The minimum absolute atomic E-state index is 0.0556. The van der Waals surface area contributed by atoms with Crippen LogP contribution in [-0.4, -0.2) is 254 Å². The van der Waals surface area contributed by atoms with Crippen molar-refractivity contribution in [1.82, 2.24) is 20.0 Å². The molecule has 1 aliphatic heterocycles. The summed E-state index contributed by atoms with van der Waals surface area (Å²) < 4.78 is 46.5. The second-order valence-corrected chi connectivity index (χ2v) is 33.8. The van der Waals surface area contributed by atoms with E-state index in [1.165, 1.54) is 65.3 Å². The number of halogens is 9. The number of nitrogens with two attached hydrogens (primary N) is 1. The molecule has 1 aliphatic rings. The van der Waals surface area contributed by atoms with E-state index in [1.807, 2.05) is 67.7 Å². The highest BCUT2D eigenvalue weighted by Crippen LogP contribution is 2.20. The van der Waals surface area contributed by atoms with Gasteiger partial charge in [-0.05, 0) is 213 Å². The Balaban J connectivity index is -0.000000278. The first-order valence-electron chi connectivity index (χ1n) is 34.0. The molecule has 6 rings (SSSR count). The van der Waals surface area contributed by atoms with Crippen molar-refractivity contribution in [2.45, 2.75) is 89.1 Å². The molecular formula is C71H114B2BrCl8N11O11S5. The Labute approximate surface area is 716 Å². The van der Waals surface area contributed by atoms with Crippen LogP contribution in [0.1, 0.15) is 66.8 Å². The number of aryl methyl sites for hydroxylation is 1. The summed E-state index contributed by atoms with van der Waals surface area (Å²) in [5, 5.41) is 74.6. The average Bonchev–Trinajstić information content (AvgIpc) is 0.840. The van der Waals surface area contributed by atoms with Crippen LogP contribution in [0.15, 0.2) is 131 Å². The quantitative estimate of drug-likeness (QED) is 0.00220. The Hall–Kier alpha value is -2.97. The minimum atomic E-state index is -3.92. The number of nitriles is 1. The van der Waals surface area contributed by atoms with Gasteiger partial charge in [0.05, 0.1) is 76.2 Å². The number of nitrogen functional groups attached to an aromatic ring is 1. The molecule has 5 aromatic carbocycles. The van der Waals surface area contributed by atoms with Crippen LogP contribution in [0.5, 0.6) is 0 Å². The standard InChI is InChI=1S/C13H23BN2O2.C13H18N2OS.C13H17N2S.C12H20N2O.C9H13BBrNO.C4H11NO.C2H3N.CHCl3.CCl2S.CH2Cl2.CH3ClO2S.CH4O3S/c1-14(18)15-13-6-4-12(5-7-13)8-10-16(2)9-3-11-17;1-15(8-2-10-16)9-7-12-3-5-13(6-4-12)14-11-17;1-15(8-2-9-15)10-7-12-3-5-13(6-4-12)14-11-16;1-14(8-2-10-15)9-7-11-3-5-12(13)6-4-11;1-10(13)12-9-4-2-8(3-5-9)6-7-11;1-5-3-2-4-6;1-2-3;2*2-1(3)4;2-1-3;2*1-5(2,3)4/h4-7,15,17-18H,3,8-11H2,1-2H3;3-6,16H,2,7-10H2,1H3;3-6H,2,7-10H2,1H3;3-6,15H,2,7-10,13H2,1H3;2-5,12-13H,6-7H2,1H3;5-6H,2-4H2,1H3;1H3;1H;;1H2;1H3;1H3,(H,2,3,4)/q;;+1;;;;;;;;;/p-1. The number of likely N-dealkylation sites (tertiary alicyclic amines) is 1. The maximum absolute atomic E-state index is 9.40. The normalized spacial score (nSPS) is 10.9. The molecule has 1 fully saturated rings. The van der Waals surface area contributed by atoms with Crippen LogP contribution in [-0.2, 0) is 51.3 Å². The fraction of sp³-hybridized carbons (Fsp3) is 0.521. The van der Waals surface area contributed by atoms with Gasteiger partial charge in [0.1, 0.15) is 0 Å². The molecule has 618 valence electrons. The average molecular weight is 1840 g/mol. The fourth-order valence-corrected chi connectivity index (χ4v) is 8.95. The molecule has 1 saturated heterocycles. The van der Waals surface area contributed by atoms with E-state index in [4.69, 9.17) is 131 Å². The zero-order valence-corrected chi connectivity index (χ0v) is 75.8. The summed E-state index contributed by atoms with van der Waals surface area (Å²) in [7, 11) is 6.79. The Morgan fingerprint density at radius 1 is 0.624 bits per heavy atom. The first kappa shape index (κ1) is 117. The van der Waals surface area contributed by atoms with Crippen molar-refractivity contribution in [2.75, 3.05) is 166 Å². The smallest absolute Gasteiger partial charge is 0.406 e. The van der Waals surface area contributed by atoms with Crippen LogP contribution in [0.3, 0.4) is 0 Å². The predicted octanol–water partition coefficient (Wildman–Crippen LogP) is 14.0. The molecule has 1 heterocycles. The maximum atomic E-state index is 9.40. The number of benzene rings is 5. The number of alkyl halides is 6. The van der Waals surface area contributed by atoms with Crippen molar-refractivity contribution in [3.8, 4) is 6.07 Å².